The number of benzene rings is 1. The third kappa shape index (κ3) is 5.98. The van der Waals surface area contributed by atoms with Crippen LogP contribution in [0.1, 0.15) is 12.0 Å². The van der Waals surface area contributed by atoms with Gasteiger partial charge >= 0.3 is 5.97 Å². The van der Waals surface area contributed by atoms with Gasteiger partial charge in [0.15, 0.2) is 0 Å². The third-order valence-corrected chi connectivity index (χ3v) is 3.44. The zero-order chi connectivity index (χ0) is 14.3. The maximum Gasteiger partial charge on any atom is 0.327 e. The van der Waals surface area contributed by atoms with Crippen molar-refractivity contribution in [2.45, 2.75) is 18.9 Å². The first-order valence-electron chi connectivity index (χ1n) is 5.78. The van der Waals surface area contributed by atoms with E-state index in [-0.39, 0.29) is 12.3 Å². The van der Waals surface area contributed by atoms with Crippen LogP contribution < -0.4 is 5.32 Å². The average Bonchev–Trinajstić information content (AvgIpc) is 2.37. The van der Waals surface area contributed by atoms with Crippen molar-refractivity contribution in [1.29, 1.82) is 0 Å². The molecule has 1 atom stereocenters. The molecule has 0 saturated carbocycles. The van der Waals surface area contributed by atoms with Gasteiger partial charge in [-0.3, -0.25) is 4.79 Å². The summed E-state index contributed by atoms with van der Waals surface area (Å²) in [6, 6.07) is 6.41. The monoisotopic (exact) mass is 301 g/mol. The Hall–Kier alpha value is -1.20. The smallest absolute Gasteiger partial charge is 0.327 e. The van der Waals surface area contributed by atoms with Crippen LogP contribution >= 0.6 is 23.4 Å². The van der Waals surface area contributed by atoms with E-state index in [1.54, 1.807) is 18.4 Å². The van der Waals surface area contributed by atoms with Crippen LogP contribution in [0, 0.1) is 0 Å². The number of rotatable bonds is 7. The van der Waals surface area contributed by atoms with Crippen molar-refractivity contribution in [2.75, 3.05) is 12.0 Å². The molecular formula is C13H16ClNO3S. The topological polar surface area (TPSA) is 66.4 Å². The summed E-state index contributed by atoms with van der Waals surface area (Å²) in [6.45, 7) is 0. The van der Waals surface area contributed by atoms with Crippen LogP contribution in [0.2, 0.25) is 5.02 Å². The van der Waals surface area contributed by atoms with Crippen molar-refractivity contribution in [3.63, 3.8) is 0 Å². The molecule has 19 heavy (non-hydrogen) atoms. The SMILES string of the molecule is CSC[C@H](NC(=O)CCc1ccc(Cl)cc1)C(=O)O. The molecule has 0 saturated heterocycles. The van der Waals surface area contributed by atoms with E-state index in [0.717, 1.165) is 5.56 Å². The molecule has 0 spiro atoms. The molecule has 0 radical (unpaired) electrons. The third-order valence-electron chi connectivity index (χ3n) is 2.52. The molecule has 1 amide bonds. The lowest BCUT2D eigenvalue weighted by Gasteiger charge is -2.13. The maximum atomic E-state index is 11.7. The molecular weight excluding hydrogens is 286 g/mol. The summed E-state index contributed by atoms with van der Waals surface area (Å²) < 4.78 is 0. The Balaban J connectivity index is 2.42. The lowest BCUT2D eigenvalue weighted by Crippen LogP contribution is -2.42. The lowest BCUT2D eigenvalue weighted by molar-refractivity contribution is -0.141. The van der Waals surface area contributed by atoms with Crippen LogP contribution in [0.15, 0.2) is 24.3 Å². The molecule has 0 aliphatic rings. The summed E-state index contributed by atoms with van der Waals surface area (Å²) in [6.07, 6.45) is 2.63. The van der Waals surface area contributed by atoms with Gasteiger partial charge in [0.2, 0.25) is 5.91 Å². The standard InChI is InChI=1S/C13H16ClNO3S/c1-19-8-11(13(17)18)15-12(16)7-4-9-2-5-10(14)6-3-9/h2-3,5-6,11H,4,7-8H2,1H3,(H,15,16)(H,17,18)/t11-/m0/s1. The van der Waals surface area contributed by atoms with E-state index < -0.39 is 12.0 Å². The number of aliphatic carboxylic acids is 1. The molecule has 0 aliphatic carbocycles. The predicted molar refractivity (Wildman–Crippen MR) is 77.7 cm³/mol. The van der Waals surface area contributed by atoms with Crippen LogP contribution in [0.3, 0.4) is 0 Å². The molecule has 6 heteroatoms. The molecule has 0 unspecified atom stereocenters. The number of carbonyl (C=O) groups is 2. The second-order valence-corrected chi connectivity index (χ2v) is 5.39. The molecule has 0 bridgehead atoms. The van der Waals surface area contributed by atoms with E-state index >= 15 is 0 Å². The quantitative estimate of drug-likeness (QED) is 0.810. The summed E-state index contributed by atoms with van der Waals surface area (Å²) in [5, 5.41) is 12.1. The Morgan fingerprint density at radius 1 is 1.37 bits per heavy atom. The van der Waals surface area contributed by atoms with E-state index in [2.05, 4.69) is 5.32 Å². The zero-order valence-corrected chi connectivity index (χ0v) is 12.1. The van der Waals surface area contributed by atoms with Crippen molar-refractivity contribution >= 4 is 35.2 Å². The Kier molecular flexibility index (Phi) is 6.73. The highest BCUT2D eigenvalue weighted by Crippen LogP contribution is 2.11. The van der Waals surface area contributed by atoms with E-state index in [0.29, 0.717) is 17.2 Å². The van der Waals surface area contributed by atoms with Gasteiger partial charge in [0.05, 0.1) is 0 Å². The summed E-state index contributed by atoms with van der Waals surface area (Å²) in [5.41, 5.74) is 0.997. The van der Waals surface area contributed by atoms with Crippen molar-refractivity contribution < 1.29 is 14.7 Å². The second kappa shape index (κ2) is 8.07. The van der Waals surface area contributed by atoms with Crippen molar-refractivity contribution in [2.24, 2.45) is 0 Å². The second-order valence-electron chi connectivity index (χ2n) is 4.04. The van der Waals surface area contributed by atoms with Gasteiger partial charge in [-0.25, -0.2) is 4.79 Å². The van der Waals surface area contributed by atoms with Crippen LogP contribution in [0.4, 0.5) is 0 Å². The molecule has 4 nitrogen and oxygen atoms in total. The highest BCUT2D eigenvalue weighted by molar-refractivity contribution is 7.98. The molecule has 0 fully saturated rings. The Morgan fingerprint density at radius 3 is 2.53 bits per heavy atom. The molecule has 2 N–H and O–H groups in total. The van der Waals surface area contributed by atoms with Gasteiger partial charge in [0.1, 0.15) is 6.04 Å². The number of thioether (sulfide) groups is 1. The molecule has 1 rings (SSSR count). The number of carbonyl (C=O) groups excluding carboxylic acids is 1. The highest BCUT2D eigenvalue weighted by Gasteiger charge is 2.18. The number of carboxylic acid groups (broad SMARTS) is 1. The number of halogens is 1. The van der Waals surface area contributed by atoms with Crippen LogP contribution in [0.5, 0.6) is 0 Å². The van der Waals surface area contributed by atoms with Gasteiger partial charge in [0, 0.05) is 17.2 Å². The minimum Gasteiger partial charge on any atom is -0.480 e. The highest BCUT2D eigenvalue weighted by atomic mass is 35.5. The van der Waals surface area contributed by atoms with Gasteiger partial charge in [-0.15, -0.1) is 0 Å². The summed E-state index contributed by atoms with van der Waals surface area (Å²) in [5.74, 6) is -0.896. The minimum atomic E-state index is -1.01. The molecule has 0 aliphatic heterocycles. The minimum absolute atomic E-state index is 0.253. The molecule has 104 valence electrons. The van der Waals surface area contributed by atoms with Gasteiger partial charge in [-0.1, -0.05) is 23.7 Å². The maximum absolute atomic E-state index is 11.7. The van der Waals surface area contributed by atoms with E-state index in [1.165, 1.54) is 11.8 Å². The van der Waals surface area contributed by atoms with E-state index in [1.807, 2.05) is 12.1 Å². The fraction of sp³-hybridized carbons (Fsp3) is 0.385. The summed E-state index contributed by atoms with van der Waals surface area (Å²) in [4.78, 5) is 22.6. The first kappa shape index (κ1) is 15.9. The number of carboxylic acids is 1. The van der Waals surface area contributed by atoms with Crippen molar-refractivity contribution in [3.8, 4) is 0 Å². The fourth-order valence-electron chi connectivity index (χ4n) is 1.52. The van der Waals surface area contributed by atoms with Gasteiger partial charge in [-0.2, -0.15) is 11.8 Å². The van der Waals surface area contributed by atoms with Gasteiger partial charge in [0.25, 0.3) is 0 Å². The number of nitrogens with one attached hydrogen (secondary N) is 1. The normalized spacial score (nSPS) is 11.9. The largest absolute Gasteiger partial charge is 0.480 e. The zero-order valence-electron chi connectivity index (χ0n) is 10.6. The Labute approximate surface area is 121 Å². The van der Waals surface area contributed by atoms with Crippen molar-refractivity contribution in [3.05, 3.63) is 34.9 Å². The number of hydrogen-bond acceptors (Lipinski definition) is 3. The van der Waals surface area contributed by atoms with Gasteiger partial charge in [-0.05, 0) is 30.4 Å². The average molecular weight is 302 g/mol. The van der Waals surface area contributed by atoms with Crippen LogP contribution in [-0.2, 0) is 16.0 Å². The molecule has 1 aromatic rings. The summed E-state index contributed by atoms with van der Waals surface area (Å²) >= 11 is 7.15. The summed E-state index contributed by atoms with van der Waals surface area (Å²) in [7, 11) is 0. The Morgan fingerprint density at radius 2 is 2.00 bits per heavy atom. The first-order valence-corrected chi connectivity index (χ1v) is 7.55. The van der Waals surface area contributed by atoms with E-state index in [9.17, 15) is 9.59 Å². The number of amides is 1. The van der Waals surface area contributed by atoms with Gasteiger partial charge < -0.3 is 10.4 Å². The lowest BCUT2D eigenvalue weighted by atomic mass is 10.1. The molecule has 0 aromatic heterocycles. The predicted octanol–water partition coefficient (Wildman–Crippen LogP) is 2.21. The first-order chi connectivity index (χ1) is 9.02. The van der Waals surface area contributed by atoms with Crippen LogP contribution in [-0.4, -0.2) is 35.0 Å². The van der Waals surface area contributed by atoms with E-state index in [4.69, 9.17) is 16.7 Å². The molecule has 1 aromatic carbocycles. The fourth-order valence-corrected chi connectivity index (χ4v) is 2.20. The van der Waals surface area contributed by atoms with Crippen LogP contribution in [0.25, 0.3) is 0 Å². The Bertz CT molecular complexity index is 436. The number of aryl methyl sites for hydroxylation is 1. The van der Waals surface area contributed by atoms with Crippen molar-refractivity contribution in [1.82, 2.24) is 5.32 Å². The number of hydrogen-bond donors (Lipinski definition) is 2. The molecule has 0 heterocycles.